The van der Waals surface area contributed by atoms with Crippen molar-refractivity contribution in [1.29, 1.82) is 0 Å². The standard InChI is InChI=1S/C7H15ClO3S2/c8-1-3-10-7-11-4-6-13-12-5-2-9/h9H,1-7H2. The first kappa shape index (κ1) is 13.9. The van der Waals surface area contributed by atoms with E-state index in [0.717, 1.165) is 11.5 Å². The van der Waals surface area contributed by atoms with Crippen LogP contribution in [0.25, 0.3) is 0 Å². The third kappa shape index (κ3) is 12.9. The Kier molecular flexibility index (Phi) is 13.7. The SMILES string of the molecule is OCCSSCCOCOCCCl. The topological polar surface area (TPSA) is 38.7 Å². The van der Waals surface area contributed by atoms with Crippen LogP contribution < -0.4 is 0 Å². The van der Waals surface area contributed by atoms with Crippen molar-refractivity contribution in [3.63, 3.8) is 0 Å². The second-order valence-electron chi connectivity index (χ2n) is 1.99. The number of ether oxygens (including phenoxy) is 2. The molecule has 6 heteroatoms. The lowest BCUT2D eigenvalue weighted by molar-refractivity contribution is -0.0428. The van der Waals surface area contributed by atoms with Crippen molar-refractivity contribution in [2.24, 2.45) is 0 Å². The van der Waals surface area contributed by atoms with Crippen LogP contribution in [0.4, 0.5) is 0 Å². The van der Waals surface area contributed by atoms with Crippen LogP contribution in [0.1, 0.15) is 0 Å². The number of alkyl halides is 1. The lowest BCUT2D eigenvalue weighted by atomic mass is 10.8. The highest BCUT2D eigenvalue weighted by atomic mass is 35.5. The van der Waals surface area contributed by atoms with Gasteiger partial charge in [0, 0.05) is 17.4 Å². The molecule has 0 saturated carbocycles. The molecule has 0 unspecified atom stereocenters. The summed E-state index contributed by atoms with van der Waals surface area (Å²) in [5.74, 6) is 2.19. The number of rotatable bonds is 10. The maximum absolute atomic E-state index is 8.47. The maximum atomic E-state index is 8.47. The van der Waals surface area contributed by atoms with E-state index in [4.69, 9.17) is 26.2 Å². The zero-order valence-corrected chi connectivity index (χ0v) is 9.80. The van der Waals surface area contributed by atoms with E-state index in [9.17, 15) is 0 Å². The number of hydrogen-bond acceptors (Lipinski definition) is 5. The molecule has 0 aromatic carbocycles. The fourth-order valence-corrected chi connectivity index (χ4v) is 2.22. The summed E-state index contributed by atoms with van der Waals surface area (Å²) in [6, 6.07) is 0. The summed E-state index contributed by atoms with van der Waals surface area (Å²) < 4.78 is 10.1. The van der Waals surface area contributed by atoms with E-state index in [-0.39, 0.29) is 6.61 Å². The zero-order valence-electron chi connectivity index (χ0n) is 7.41. The third-order valence-electron chi connectivity index (χ3n) is 0.957. The monoisotopic (exact) mass is 246 g/mol. The highest BCUT2D eigenvalue weighted by Gasteiger charge is 1.91. The van der Waals surface area contributed by atoms with Crippen LogP contribution in [0.15, 0.2) is 0 Å². The van der Waals surface area contributed by atoms with Gasteiger partial charge in [0.15, 0.2) is 0 Å². The minimum absolute atomic E-state index is 0.233. The van der Waals surface area contributed by atoms with E-state index in [2.05, 4.69) is 0 Å². The Morgan fingerprint density at radius 1 is 1.08 bits per heavy atom. The van der Waals surface area contributed by atoms with Crippen LogP contribution in [0, 0.1) is 0 Å². The summed E-state index contributed by atoms with van der Waals surface area (Å²) >= 11 is 5.39. The molecule has 0 fully saturated rings. The first-order valence-corrected chi connectivity index (χ1v) is 7.00. The molecule has 0 aromatic rings. The van der Waals surface area contributed by atoms with Gasteiger partial charge in [0.05, 0.1) is 19.8 Å². The van der Waals surface area contributed by atoms with E-state index >= 15 is 0 Å². The maximum Gasteiger partial charge on any atom is 0.146 e. The average molecular weight is 247 g/mol. The fraction of sp³-hybridized carbons (Fsp3) is 1.00. The van der Waals surface area contributed by atoms with Crippen molar-refractivity contribution < 1.29 is 14.6 Å². The molecular formula is C7H15ClO3S2. The van der Waals surface area contributed by atoms with E-state index in [1.165, 1.54) is 0 Å². The molecule has 0 bridgehead atoms. The predicted octanol–water partition coefficient (Wildman–Crippen LogP) is 1.59. The van der Waals surface area contributed by atoms with Crippen LogP contribution >= 0.6 is 33.2 Å². The van der Waals surface area contributed by atoms with E-state index < -0.39 is 0 Å². The normalized spacial score (nSPS) is 10.6. The Labute approximate surface area is 91.9 Å². The van der Waals surface area contributed by atoms with Gasteiger partial charge >= 0.3 is 0 Å². The predicted molar refractivity (Wildman–Crippen MR) is 59.5 cm³/mol. The number of hydrogen-bond donors (Lipinski definition) is 1. The van der Waals surface area contributed by atoms with Crippen molar-refractivity contribution >= 4 is 33.2 Å². The van der Waals surface area contributed by atoms with Gasteiger partial charge < -0.3 is 14.6 Å². The molecule has 0 amide bonds. The molecule has 0 aliphatic rings. The molecule has 0 rings (SSSR count). The Morgan fingerprint density at radius 2 is 1.77 bits per heavy atom. The molecule has 0 atom stereocenters. The smallest absolute Gasteiger partial charge is 0.146 e. The molecule has 80 valence electrons. The molecule has 0 radical (unpaired) electrons. The Balaban J connectivity index is 2.76. The molecule has 0 saturated heterocycles. The number of aliphatic hydroxyl groups excluding tert-OH is 1. The van der Waals surface area contributed by atoms with Gasteiger partial charge in [0.1, 0.15) is 6.79 Å². The minimum Gasteiger partial charge on any atom is -0.395 e. The van der Waals surface area contributed by atoms with Crippen LogP contribution in [0.2, 0.25) is 0 Å². The molecule has 0 aromatic heterocycles. The molecule has 0 aliphatic carbocycles. The molecule has 0 aliphatic heterocycles. The number of aliphatic hydroxyl groups is 1. The van der Waals surface area contributed by atoms with Crippen LogP contribution in [-0.4, -0.2) is 49.1 Å². The van der Waals surface area contributed by atoms with Gasteiger partial charge in [-0.05, 0) is 0 Å². The lowest BCUT2D eigenvalue weighted by Gasteiger charge is -2.03. The van der Waals surface area contributed by atoms with Gasteiger partial charge in [0.25, 0.3) is 0 Å². The quantitative estimate of drug-likeness (QED) is 0.274. The largest absolute Gasteiger partial charge is 0.395 e. The first-order chi connectivity index (χ1) is 6.41. The summed E-state index contributed by atoms with van der Waals surface area (Å²) in [5, 5.41) is 8.47. The Morgan fingerprint density at radius 3 is 2.46 bits per heavy atom. The second-order valence-corrected chi connectivity index (χ2v) is 5.07. The molecular weight excluding hydrogens is 232 g/mol. The van der Waals surface area contributed by atoms with Gasteiger partial charge in [-0.2, -0.15) is 0 Å². The summed E-state index contributed by atoms with van der Waals surface area (Å²) in [6.07, 6.45) is 0. The van der Waals surface area contributed by atoms with Gasteiger partial charge in [-0.3, -0.25) is 0 Å². The van der Waals surface area contributed by atoms with Gasteiger partial charge in [-0.15, -0.1) is 11.6 Å². The van der Waals surface area contributed by atoms with E-state index in [0.29, 0.717) is 25.9 Å². The summed E-state index contributed by atoms with van der Waals surface area (Å²) in [6.45, 7) is 1.76. The fourth-order valence-electron chi connectivity index (χ4n) is 0.479. The van der Waals surface area contributed by atoms with E-state index in [1.54, 1.807) is 21.6 Å². The van der Waals surface area contributed by atoms with Crippen molar-refractivity contribution in [2.45, 2.75) is 0 Å². The highest BCUT2D eigenvalue weighted by Crippen LogP contribution is 2.19. The second kappa shape index (κ2) is 12.9. The van der Waals surface area contributed by atoms with Crippen molar-refractivity contribution in [3.05, 3.63) is 0 Å². The van der Waals surface area contributed by atoms with Crippen molar-refractivity contribution in [3.8, 4) is 0 Å². The summed E-state index contributed by atoms with van der Waals surface area (Å²) in [4.78, 5) is 0. The summed E-state index contributed by atoms with van der Waals surface area (Å²) in [5.41, 5.74) is 0. The van der Waals surface area contributed by atoms with E-state index in [1.807, 2.05) is 0 Å². The first-order valence-electron chi connectivity index (χ1n) is 3.98. The zero-order chi connectivity index (χ0) is 9.78. The Bertz CT molecular complexity index is 87.8. The molecule has 13 heavy (non-hydrogen) atoms. The van der Waals surface area contributed by atoms with Crippen molar-refractivity contribution in [1.82, 2.24) is 0 Å². The molecule has 3 nitrogen and oxygen atoms in total. The number of halogens is 1. The summed E-state index contributed by atoms with van der Waals surface area (Å²) in [7, 11) is 3.34. The molecule has 0 heterocycles. The molecule has 1 N–H and O–H groups in total. The third-order valence-corrected chi connectivity index (χ3v) is 3.46. The highest BCUT2D eigenvalue weighted by molar-refractivity contribution is 8.76. The van der Waals surface area contributed by atoms with Gasteiger partial charge in [-0.1, -0.05) is 21.6 Å². The van der Waals surface area contributed by atoms with Crippen LogP contribution in [0.5, 0.6) is 0 Å². The van der Waals surface area contributed by atoms with Crippen LogP contribution in [0.3, 0.4) is 0 Å². The van der Waals surface area contributed by atoms with Crippen LogP contribution in [-0.2, 0) is 9.47 Å². The minimum atomic E-state index is 0.233. The van der Waals surface area contributed by atoms with Gasteiger partial charge in [-0.25, -0.2) is 0 Å². The van der Waals surface area contributed by atoms with Crippen molar-refractivity contribution in [2.75, 3.05) is 44.0 Å². The molecule has 0 spiro atoms. The Hall–Kier alpha value is 0.870. The average Bonchev–Trinajstić information content (AvgIpc) is 2.16. The lowest BCUT2D eigenvalue weighted by Crippen LogP contribution is -2.04. The van der Waals surface area contributed by atoms with Gasteiger partial charge in [0.2, 0.25) is 0 Å².